The maximum atomic E-state index is 13.9. The molecule has 0 bridgehead atoms. The van der Waals surface area contributed by atoms with Gasteiger partial charge in [-0.3, -0.25) is 9.59 Å². The normalized spacial score (nSPS) is 10.7. The van der Waals surface area contributed by atoms with E-state index < -0.39 is 0 Å². The van der Waals surface area contributed by atoms with Crippen LogP contribution in [0.25, 0.3) is 22.3 Å². The van der Waals surface area contributed by atoms with Crippen molar-refractivity contribution < 1.29 is 9.59 Å². The lowest BCUT2D eigenvalue weighted by Crippen LogP contribution is -2.13. The molecule has 36 heavy (non-hydrogen) atoms. The van der Waals surface area contributed by atoms with Crippen molar-refractivity contribution in [3.8, 4) is 22.3 Å². The van der Waals surface area contributed by atoms with E-state index >= 15 is 0 Å². The SMILES string of the molecule is Cc1ccc(C(=O)c2cccc(-c3ccc(-c4ccccc4)cc3)c2C(=O)c2ccc(C)cc2)cc1. The molecule has 0 heterocycles. The molecule has 5 aromatic rings. The molecule has 5 rings (SSSR count). The Morgan fingerprint density at radius 2 is 0.944 bits per heavy atom. The highest BCUT2D eigenvalue weighted by Gasteiger charge is 2.23. The summed E-state index contributed by atoms with van der Waals surface area (Å²) in [6.45, 7) is 3.98. The maximum absolute atomic E-state index is 13.9. The van der Waals surface area contributed by atoms with Crippen LogP contribution < -0.4 is 0 Å². The number of aryl methyl sites for hydroxylation is 2. The lowest BCUT2D eigenvalue weighted by Gasteiger charge is -2.15. The van der Waals surface area contributed by atoms with E-state index in [1.54, 1.807) is 6.07 Å². The van der Waals surface area contributed by atoms with Crippen molar-refractivity contribution in [1.82, 2.24) is 0 Å². The third-order valence-electron chi connectivity index (χ3n) is 6.47. The Balaban J connectivity index is 1.65. The second-order valence-electron chi connectivity index (χ2n) is 9.06. The summed E-state index contributed by atoms with van der Waals surface area (Å²) < 4.78 is 0. The monoisotopic (exact) mass is 466 g/mol. The molecule has 174 valence electrons. The molecule has 0 aliphatic carbocycles. The molecule has 0 unspecified atom stereocenters. The summed E-state index contributed by atoms with van der Waals surface area (Å²) in [5.74, 6) is -0.318. The van der Waals surface area contributed by atoms with Crippen molar-refractivity contribution in [3.63, 3.8) is 0 Å². The van der Waals surface area contributed by atoms with E-state index in [1.807, 2.05) is 105 Å². The Hall–Kier alpha value is -4.56. The van der Waals surface area contributed by atoms with Gasteiger partial charge in [0.2, 0.25) is 0 Å². The van der Waals surface area contributed by atoms with Crippen LogP contribution in [-0.4, -0.2) is 11.6 Å². The maximum Gasteiger partial charge on any atom is 0.194 e. The summed E-state index contributed by atoms with van der Waals surface area (Å²) in [6.07, 6.45) is 0. The van der Waals surface area contributed by atoms with E-state index in [2.05, 4.69) is 24.3 Å². The third-order valence-corrected chi connectivity index (χ3v) is 6.47. The highest BCUT2D eigenvalue weighted by Crippen LogP contribution is 2.32. The first-order valence-corrected chi connectivity index (χ1v) is 12.0. The molecule has 0 amide bonds. The fourth-order valence-corrected chi connectivity index (χ4v) is 4.41. The van der Waals surface area contributed by atoms with Crippen molar-refractivity contribution in [2.24, 2.45) is 0 Å². The second-order valence-corrected chi connectivity index (χ2v) is 9.06. The molecule has 2 nitrogen and oxygen atoms in total. The van der Waals surface area contributed by atoms with Gasteiger partial charge in [0.05, 0.1) is 0 Å². The average molecular weight is 467 g/mol. The van der Waals surface area contributed by atoms with Crippen LogP contribution in [0.15, 0.2) is 121 Å². The van der Waals surface area contributed by atoms with Gasteiger partial charge in [-0.2, -0.15) is 0 Å². The number of ketones is 2. The van der Waals surface area contributed by atoms with E-state index in [0.717, 1.165) is 33.4 Å². The predicted molar refractivity (Wildman–Crippen MR) is 147 cm³/mol. The molecule has 0 atom stereocenters. The number of benzene rings is 5. The summed E-state index contributed by atoms with van der Waals surface area (Å²) in [6, 6.07) is 38.8. The summed E-state index contributed by atoms with van der Waals surface area (Å²) in [4.78, 5) is 27.5. The minimum atomic E-state index is -0.159. The first-order chi connectivity index (χ1) is 17.5. The fourth-order valence-electron chi connectivity index (χ4n) is 4.41. The molecule has 0 radical (unpaired) electrons. The summed E-state index contributed by atoms with van der Waals surface area (Å²) in [5, 5.41) is 0. The van der Waals surface area contributed by atoms with Crippen LogP contribution in [0, 0.1) is 13.8 Å². The smallest absolute Gasteiger partial charge is 0.194 e. The van der Waals surface area contributed by atoms with Crippen LogP contribution in [0.1, 0.15) is 43.0 Å². The summed E-state index contributed by atoms with van der Waals surface area (Å²) in [7, 11) is 0. The van der Waals surface area contributed by atoms with Crippen LogP contribution in [-0.2, 0) is 0 Å². The average Bonchev–Trinajstić information content (AvgIpc) is 2.93. The highest BCUT2D eigenvalue weighted by molar-refractivity contribution is 6.22. The second kappa shape index (κ2) is 9.97. The topological polar surface area (TPSA) is 34.1 Å². The van der Waals surface area contributed by atoms with E-state index in [0.29, 0.717) is 22.3 Å². The van der Waals surface area contributed by atoms with Crippen molar-refractivity contribution in [3.05, 3.63) is 155 Å². The molecule has 0 N–H and O–H groups in total. The molecule has 0 saturated heterocycles. The first kappa shape index (κ1) is 23.2. The molecule has 5 aromatic carbocycles. The molecule has 0 aliphatic heterocycles. The number of hydrogen-bond donors (Lipinski definition) is 0. The number of carbonyl (C=O) groups is 2. The standard InChI is InChI=1S/C34H26O2/c1-23-11-15-28(16-12-23)33(35)31-10-6-9-30(32(31)34(36)29-17-13-24(2)14-18-29)27-21-19-26(20-22-27)25-7-4-3-5-8-25/h3-22H,1-2H3. The Bertz CT molecular complexity index is 1530. The van der Waals surface area contributed by atoms with Gasteiger partial charge in [0, 0.05) is 22.3 Å². The molecular formula is C34H26O2. The zero-order valence-electron chi connectivity index (χ0n) is 20.4. The zero-order chi connectivity index (χ0) is 25.1. The van der Waals surface area contributed by atoms with Crippen LogP contribution in [0.2, 0.25) is 0 Å². The van der Waals surface area contributed by atoms with Crippen molar-refractivity contribution in [2.75, 3.05) is 0 Å². The van der Waals surface area contributed by atoms with Gasteiger partial charge >= 0.3 is 0 Å². The predicted octanol–water partition coefficient (Wildman–Crippen LogP) is 8.10. The Labute approximate surface area is 211 Å². The molecule has 0 saturated carbocycles. The van der Waals surface area contributed by atoms with Crippen molar-refractivity contribution >= 4 is 11.6 Å². The van der Waals surface area contributed by atoms with Crippen LogP contribution in [0.3, 0.4) is 0 Å². The molecular weight excluding hydrogens is 440 g/mol. The number of carbonyl (C=O) groups excluding carboxylic acids is 2. The highest BCUT2D eigenvalue weighted by atomic mass is 16.1. The van der Waals surface area contributed by atoms with E-state index in [-0.39, 0.29) is 11.6 Å². The van der Waals surface area contributed by atoms with Gasteiger partial charge in [-0.25, -0.2) is 0 Å². The lowest BCUT2D eigenvalue weighted by molar-refractivity contribution is 0.100. The first-order valence-electron chi connectivity index (χ1n) is 12.0. The van der Waals surface area contributed by atoms with E-state index in [4.69, 9.17) is 0 Å². The summed E-state index contributed by atoms with van der Waals surface area (Å²) in [5.41, 5.74) is 7.99. The van der Waals surface area contributed by atoms with Gasteiger partial charge in [0.25, 0.3) is 0 Å². The Kier molecular flexibility index (Phi) is 6.42. The lowest BCUT2D eigenvalue weighted by atomic mass is 9.86. The van der Waals surface area contributed by atoms with Crippen LogP contribution >= 0.6 is 0 Å². The molecule has 0 aromatic heterocycles. The van der Waals surface area contributed by atoms with E-state index in [1.165, 1.54) is 0 Å². The van der Waals surface area contributed by atoms with Gasteiger partial charge in [0.15, 0.2) is 11.6 Å². The number of hydrogen-bond acceptors (Lipinski definition) is 2. The molecule has 0 aliphatic rings. The van der Waals surface area contributed by atoms with Gasteiger partial charge in [-0.05, 0) is 36.1 Å². The van der Waals surface area contributed by atoms with E-state index in [9.17, 15) is 9.59 Å². The largest absolute Gasteiger partial charge is 0.289 e. The van der Waals surface area contributed by atoms with Crippen LogP contribution in [0.5, 0.6) is 0 Å². The minimum absolute atomic E-state index is 0.159. The third kappa shape index (κ3) is 4.67. The zero-order valence-corrected chi connectivity index (χ0v) is 20.4. The fraction of sp³-hybridized carbons (Fsp3) is 0.0588. The molecule has 0 spiro atoms. The summed E-state index contributed by atoms with van der Waals surface area (Å²) >= 11 is 0. The van der Waals surface area contributed by atoms with Gasteiger partial charge < -0.3 is 0 Å². The molecule has 2 heteroatoms. The van der Waals surface area contributed by atoms with Gasteiger partial charge in [-0.1, -0.05) is 132 Å². The number of rotatable bonds is 6. The Morgan fingerprint density at radius 1 is 0.444 bits per heavy atom. The van der Waals surface area contributed by atoms with Crippen molar-refractivity contribution in [2.45, 2.75) is 13.8 Å². The Morgan fingerprint density at radius 3 is 1.53 bits per heavy atom. The van der Waals surface area contributed by atoms with Gasteiger partial charge in [0.1, 0.15) is 0 Å². The quantitative estimate of drug-likeness (QED) is 0.237. The molecule has 0 fully saturated rings. The van der Waals surface area contributed by atoms with Crippen LogP contribution in [0.4, 0.5) is 0 Å². The van der Waals surface area contributed by atoms with Gasteiger partial charge in [-0.15, -0.1) is 0 Å². The minimum Gasteiger partial charge on any atom is -0.289 e. The van der Waals surface area contributed by atoms with Crippen molar-refractivity contribution in [1.29, 1.82) is 0 Å².